The van der Waals surface area contributed by atoms with Gasteiger partial charge in [-0.1, -0.05) is 84.0 Å². The van der Waals surface area contributed by atoms with Gasteiger partial charge in [-0.3, -0.25) is 4.79 Å². The second-order valence-corrected chi connectivity index (χ2v) is 12.6. The maximum atomic E-state index is 12.5. The predicted octanol–water partition coefficient (Wildman–Crippen LogP) is 7.78. The number of hydrogen-bond acceptors (Lipinski definition) is 7. The molecule has 5 nitrogen and oxygen atoms in total. The van der Waals surface area contributed by atoms with Crippen molar-refractivity contribution in [2.45, 2.75) is 22.1 Å². The molecule has 2 aromatic heterocycles. The van der Waals surface area contributed by atoms with E-state index in [1.165, 1.54) is 33.3 Å². The van der Waals surface area contributed by atoms with E-state index in [1.807, 2.05) is 17.8 Å². The van der Waals surface area contributed by atoms with Crippen molar-refractivity contribution in [3.05, 3.63) is 112 Å². The Morgan fingerprint density at radius 1 is 0.974 bits per heavy atom. The Hall–Kier alpha value is -3.04. The van der Waals surface area contributed by atoms with Crippen LogP contribution in [0.5, 0.6) is 0 Å². The molecule has 5 aromatic rings. The van der Waals surface area contributed by atoms with Gasteiger partial charge in [0.2, 0.25) is 5.91 Å². The lowest BCUT2D eigenvalue weighted by Crippen LogP contribution is -2.14. The molecule has 9 heteroatoms. The summed E-state index contributed by atoms with van der Waals surface area (Å²) in [4.78, 5) is 24.1. The summed E-state index contributed by atoms with van der Waals surface area (Å²) in [7, 11) is 0. The van der Waals surface area contributed by atoms with Crippen LogP contribution in [0.2, 0.25) is 5.02 Å². The van der Waals surface area contributed by atoms with Gasteiger partial charge in [0.15, 0.2) is 5.16 Å². The van der Waals surface area contributed by atoms with Crippen LogP contribution < -0.4 is 11.1 Å². The van der Waals surface area contributed by atoms with Crippen molar-refractivity contribution in [3.8, 4) is 0 Å². The van der Waals surface area contributed by atoms with Crippen molar-refractivity contribution in [2.24, 2.45) is 0 Å². The Bertz CT molecular complexity index is 1590. The number of amides is 1. The fourth-order valence-electron chi connectivity index (χ4n) is 4.60. The Labute approximate surface area is 238 Å². The first-order valence-corrected chi connectivity index (χ1v) is 15.2. The highest BCUT2D eigenvalue weighted by atomic mass is 35.5. The largest absolute Gasteiger partial charge is 0.383 e. The first-order valence-electron chi connectivity index (χ1n) is 12.1. The maximum absolute atomic E-state index is 12.5. The molecule has 0 saturated heterocycles. The number of hydrogen-bond donors (Lipinski definition) is 2. The van der Waals surface area contributed by atoms with Crippen molar-refractivity contribution in [1.29, 1.82) is 0 Å². The first-order chi connectivity index (χ1) is 18.5. The molecule has 0 bridgehead atoms. The average Bonchev–Trinajstić information content (AvgIpc) is 3.32. The highest BCUT2D eigenvalue weighted by Crippen LogP contribution is 2.55. The summed E-state index contributed by atoms with van der Waals surface area (Å²) in [6.45, 7) is 0. The smallest absolute Gasteiger partial charge is 0.234 e. The van der Waals surface area contributed by atoms with Gasteiger partial charge in [0.25, 0.3) is 0 Å². The third-order valence-electron chi connectivity index (χ3n) is 6.35. The maximum Gasteiger partial charge on any atom is 0.234 e. The van der Waals surface area contributed by atoms with Gasteiger partial charge in [0.05, 0.1) is 16.4 Å². The molecule has 2 unspecified atom stereocenters. The second kappa shape index (κ2) is 11.0. The Kier molecular flexibility index (Phi) is 7.30. The van der Waals surface area contributed by atoms with Crippen molar-refractivity contribution in [1.82, 2.24) is 9.97 Å². The van der Waals surface area contributed by atoms with E-state index in [4.69, 9.17) is 22.3 Å². The van der Waals surface area contributed by atoms with E-state index < -0.39 is 0 Å². The number of nitrogens with two attached hydrogens (primary N) is 1. The number of fused-ring (bicyclic) bond motifs is 3. The molecule has 3 heterocycles. The van der Waals surface area contributed by atoms with Crippen molar-refractivity contribution >= 4 is 74.1 Å². The number of nitrogens with one attached hydrogen (secondary N) is 1. The third kappa shape index (κ3) is 5.27. The molecule has 1 amide bonds. The highest BCUT2D eigenvalue weighted by Gasteiger charge is 2.34. The Morgan fingerprint density at radius 2 is 1.66 bits per heavy atom. The average molecular weight is 575 g/mol. The molecule has 0 radical (unpaired) electrons. The fourth-order valence-corrected chi connectivity index (χ4v) is 8.46. The molecule has 1 aliphatic heterocycles. The fraction of sp³-hybridized carbons (Fsp3) is 0.138. The van der Waals surface area contributed by atoms with E-state index in [1.54, 1.807) is 35.6 Å². The first kappa shape index (κ1) is 25.2. The zero-order valence-corrected chi connectivity index (χ0v) is 23.3. The molecule has 2 atom stereocenters. The van der Waals surface area contributed by atoms with Gasteiger partial charge in [-0.05, 0) is 47.4 Å². The summed E-state index contributed by atoms with van der Waals surface area (Å²) in [5.74, 6) is 0.506. The number of nitrogens with zero attached hydrogens (tertiary/aromatic N) is 2. The molecule has 0 saturated carbocycles. The number of thioether (sulfide) groups is 2. The molecule has 3 N–H and O–H groups in total. The standard InChI is InChI=1S/C29H23ClN4OS3/c30-19-11-13-20(14-12-19)32-23(35)16-36-29-33-27(31)24-21-15-22(17-7-3-1-4-8-17)37-25(18-9-5-2-6-10-18)26(21)38-28(24)34-29/h1-14,22,25H,15-16H2,(H,32,35)(H2,31,33,34). The van der Waals surface area contributed by atoms with Crippen LogP contribution >= 0.6 is 46.5 Å². The van der Waals surface area contributed by atoms with Crippen molar-refractivity contribution in [2.75, 3.05) is 16.8 Å². The molecule has 38 heavy (non-hydrogen) atoms. The molecule has 0 spiro atoms. The lowest BCUT2D eigenvalue weighted by molar-refractivity contribution is -0.113. The van der Waals surface area contributed by atoms with E-state index in [0.717, 1.165) is 16.6 Å². The number of thiophene rings is 1. The number of carbonyl (C=O) groups excluding carboxylic acids is 1. The number of anilines is 2. The molecule has 0 fully saturated rings. The van der Waals surface area contributed by atoms with Crippen LogP contribution in [0, 0.1) is 0 Å². The van der Waals surface area contributed by atoms with Crippen LogP contribution in [0.4, 0.5) is 11.5 Å². The summed E-state index contributed by atoms with van der Waals surface area (Å²) in [6.07, 6.45) is 0.872. The SMILES string of the molecule is Nc1nc(SCC(=O)Nc2ccc(Cl)cc2)nc2sc3c(c12)CC(c1ccccc1)SC3c1ccccc1. The molecular weight excluding hydrogens is 552 g/mol. The van der Waals surface area contributed by atoms with E-state index in [9.17, 15) is 4.79 Å². The summed E-state index contributed by atoms with van der Waals surface area (Å²) < 4.78 is 0. The van der Waals surface area contributed by atoms with Gasteiger partial charge in [0, 0.05) is 20.8 Å². The highest BCUT2D eigenvalue weighted by molar-refractivity contribution is 8.00. The Morgan fingerprint density at radius 3 is 2.37 bits per heavy atom. The number of benzene rings is 3. The summed E-state index contributed by atoms with van der Waals surface area (Å²) in [5.41, 5.74) is 11.1. The minimum Gasteiger partial charge on any atom is -0.383 e. The van der Waals surface area contributed by atoms with Gasteiger partial charge < -0.3 is 11.1 Å². The minimum absolute atomic E-state index is 0.142. The third-order valence-corrected chi connectivity index (χ3v) is 10.3. The summed E-state index contributed by atoms with van der Waals surface area (Å²) in [6, 6.07) is 28.3. The monoisotopic (exact) mass is 574 g/mol. The lowest BCUT2D eigenvalue weighted by Gasteiger charge is -2.30. The summed E-state index contributed by atoms with van der Waals surface area (Å²) in [5, 5.41) is 5.43. The zero-order chi connectivity index (χ0) is 26.1. The van der Waals surface area contributed by atoms with Crippen LogP contribution in [0.1, 0.15) is 32.1 Å². The van der Waals surface area contributed by atoms with Crippen LogP contribution in [-0.2, 0) is 11.2 Å². The van der Waals surface area contributed by atoms with Gasteiger partial charge >= 0.3 is 0 Å². The van der Waals surface area contributed by atoms with Crippen LogP contribution in [0.3, 0.4) is 0 Å². The van der Waals surface area contributed by atoms with Crippen LogP contribution in [0.25, 0.3) is 10.2 Å². The van der Waals surface area contributed by atoms with Gasteiger partial charge in [-0.15, -0.1) is 23.1 Å². The van der Waals surface area contributed by atoms with Gasteiger partial charge in [-0.25, -0.2) is 9.97 Å². The minimum atomic E-state index is -0.142. The van der Waals surface area contributed by atoms with Crippen LogP contribution in [0.15, 0.2) is 90.1 Å². The molecule has 1 aliphatic rings. The quantitative estimate of drug-likeness (QED) is 0.159. The van der Waals surface area contributed by atoms with Crippen LogP contribution in [-0.4, -0.2) is 21.6 Å². The Balaban J connectivity index is 1.30. The second-order valence-electron chi connectivity index (χ2n) is 8.89. The van der Waals surface area contributed by atoms with E-state index in [0.29, 0.717) is 26.9 Å². The zero-order valence-electron chi connectivity index (χ0n) is 20.1. The molecule has 3 aromatic carbocycles. The van der Waals surface area contributed by atoms with E-state index >= 15 is 0 Å². The molecule has 190 valence electrons. The van der Waals surface area contributed by atoms with Gasteiger partial charge in [0.1, 0.15) is 10.6 Å². The normalized spacial score (nSPS) is 16.8. The predicted molar refractivity (Wildman–Crippen MR) is 161 cm³/mol. The topological polar surface area (TPSA) is 80.9 Å². The van der Waals surface area contributed by atoms with Crippen molar-refractivity contribution < 1.29 is 4.79 Å². The van der Waals surface area contributed by atoms with Crippen molar-refractivity contribution in [3.63, 3.8) is 0 Å². The lowest BCUT2D eigenvalue weighted by atomic mass is 9.98. The number of rotatable bonds is 6. The summed E-state index contributed by atoms with van der Waals surface area (Å²) >= 11 is 10.9. The number of aromatic nitrogens is 2. The number of halogens is 1. The van der Waals surface area contributed by atoms with E-state index in [2.05, 4.69) is 64.9 Å². The number of carbonyl (C=O) groups is 1. The number of nitrogen functional groups attached to an aromatic ring is 1. The van der Waals surface area contributed by atoms with Gasteiger partial charge in [-0.2, -0.15) is 0 Å². The van der Waals surface area contributed by atoms with E-state index in [-0.39, 0.29) is 16.9 Å². The molecule has 0 aliphatic carbocycles. The molecular formula is C29H23ClN4OS3. The molecule has 6 rings (SSSR count).